The van der Waals surface area contributed by atoms with Crippen LogP contribution in [0.15, 0.2) is 73.2 Å². The van der Waals surface area contributed by atoms with Crippen molar-refractivity contribution >= 4 is 22.4 Å². The Bertz CT molecular complexity index is 1180. The van der Waals surface area contributed by atoms with Crippen molar-refractivity contribution < 1.29 is 4.79 Å². The lowest BCUT2D eigenvalue weighted by Gasteiger charge is -2.19. The highest BCUT2D eigenvalue weighted by Crippen LogP contribution is 2.36. The van der Waals surface area contributed by atoms with E-state index in [1.165, 1.54) is 22.5 Å². The molecule has 1 aliphatic carbocycles. The fourth-order valence-corrected chi connectivity index (χ4v) is 4.94. The van der Waals surface area contributed by atoms with Gasteiger partial charge in [-0.3, -0.25) is 9.78 Å². The summed E-state index contributed by atoms with van der Waals surface area (Å²) in [5.74, 6) is -0.382. The van der Waals surface area contributed by atoms with Crippen molar-refractivity contribution in [3.63, 3.8) is 0 Å². The van der Waals surface area contributed by atoms with Crippen LogP contribution in [0.5, 0.6) is 0 Å². The predicted octanol–water partition coefficient (Wildman–Crippen LogP) is 5.38. The molecule has 2 aromatic carbocycles. The van der Waals surface area contributed by atoms with Crippen LogP contribution in [-0.2, 0) is 17.6 Å². The smallest absolute Gasteiger partial charge is 0.238 e. The molecule has 0 radical (unpaired) electrons. The Morgan fingerprint density at radius 3 is 2.30 bits per heavy atom. The van der Waals surface area contributed by atoms with E-state index in [2.05, 4.69) is 45.6 Å². The number of benzene rings is 2. The second-order valence-electron chi connectivity index (χ2n) is 7.60. The second-order valence-corrected chi connectivity index (χ2v) is 8.63. The Balaban J connectivity index is 1.48. The molecule has 1 N–H and O–H groups in total. The van der Waals surface area contributed by atoms with Crippen LogP contribution in [0.4, 0.5) is 5.13 Å². The van der Waals surface area contributed by atoms with Gasteiger partial charge in [0, 0.05) is 24.2 Å². The average Bonchev–Trinajstić information content (AvgIpc) is 3.15. The molecule has 0 saturated heterocycles. The molecule has 1 amide bonds. The third-order valence-electron chi connectivity index (χ3n) is 5.55. The number of rotatable bonds is 3. The first-order valence-corrected chi connectivity index (χ1v) is 10.8. The van der Waals surface area contributed by atoms with Crippen molar-refractivity contribution in [3.05, 3.63) is 101 Å². The summed E-state index contributed by atoms with van der Waals surface area (Å²) >= 11 is 1.47. The summed E-state index contributed by atoms with van der Waals surface area (Å²) in [4.78, 5) is 23.2. The zero-order valence-corrected chi connectivity index (χ0v) is 17.4. The molecule has 0 unspecified atom stereocenters. The van der Waals surface area contributed by atoms with Gasteiger partial charge in [-0.25, -0.2) is 4.98 Å². The molecule has 5 heteroatoms. The summed E-state index contributed by atoms with van der Waals surface area (Å²) in [6.07, 6.45) is 7.33. The fraction of sp³-hybridized carbons (Fsp3) is 0.160. The van der Waals surface area contributed by atoms with Gasteiger partial charge in [-0.15, -0.1) is 0 Å². The zero-order valence-electron chi connectivity index (χ0n) is 16.6. The molecule has 5 rings (SSSR count). The summed E-state index contributed by atoms with van der Waals surface area (Å²) in [6, 6.07) is 18.6. The molecular formula is C25H21N3OS. The maximum Gasteiger partial charge on any atom is 0.238 e. The Morgan fingerprint density at radius 1 is 0.967 bits per heavy atom. The van der Waals surface area contributed by atoms with Gasteiger partial charge in [0.15, 0.2) is 5.13 Å². The zero-order chi connectivity index (χ0) is 20.5. The molecule has 0 saturated carbocycles. The maximum absolute atomic E-state index is 13.5. The number of thiazole rings is 1. The molecular weight excluding hydrogens is 390 g/mol. The van der Waals surface area contributed by atoms with Crippen molar-refractivity contribution in [2.45, 2.75) is 25.7 Å². The summed E-state index contributed by atoms with van der Waals surface area (Å²) in [5, 5.41) is 3.68. The molecule has 0 atom stereocenters. The number of hydrogen-bond donors (Lipinski definition) is 1. The van der Waals surface area contributed by atoms with Crippen LogP contribution < -0.4 is 5.32 Å². The Kier molecular flexibility index (Phi) is 4.89. The number of aryl methyl sites for hydroxylation is 3. The summed E-state index contributed by atoms with van der Waals surface area (Å²) in [7, 11) is 0. The quantitative estimate of drug-likeness (QED) is 0.492. The van der Waals surface area contributed by atoms with E-state index >= 15 is 0 Å². The topological polar surface area (TPSA) is 54.9 Å². The van der Waals surface area contributed by atoms with E-state index in [1.807, 2.05) is 43.6 Å². The minimum absolute atomic E-state index is 0.0416. The lowest BCUT2D eigenvalue weighted by molar-refractivity contribution is -0.116. The first kappa shape index (κ1) is 18.7. The van der Waals surface area contributed by atoms with E-state index < -0.39 is 0 Å². The standard InChI is InChI=1S/C25H21N3OS/c1-16-12-19(14-26-13-16)22-15-27-25(30-22)28-24(29)23-20-8-4-2-6-17(20)10-11-18-7-3-5-9-21(18)23/h2-9,12-15,23H,10-11H2,1H3,(H,27,28,29). The number of pyridine rings is 1. The third-order valence-corrected chi connectivity index (χ3v) is 6.52. The maximum atomic E-state index is 13.5. The van der Waals surface area contributed by atoms with Gasteiger partial charge in [-0.1, -0.05) is 59.9 Å². The van der Waals surface area contributed by atoms with Gasteiger partial charge in [0.1, 0.15) is 0 Å². The minimum Gasteiger partial charge on any atom is -0.301 e. The average molecular weight is 412 g/mol. The molecule has 1 aliphatic rings. The van der Waals surface area contributed by atoms with Crippen LogP contribution in [0.1, 0.15) is 33.7 Å². The number of anilines is 1. The first-order chi connectivity index (χ1) is 14.7. The van der Waals surface area contributed by atoms with Crippen LogP contribution in [0.3, 0.4) is 0 Å². The molecule has 2 aromatic heterocycles. The van der Waals surface area contributed by atoms with Gasteiger partial charge in [0.05, 0.1) is 10.8 Å². The molecule has 4 aromatic rings. The Hall–Kier alpha value is -3.31. The van der Waals surface area contributed by atoms with Crippen LogP contribution in [0.2, 0.25) is 0 Å². The largest absolute Gasteiger partial charge is 0.301 e. The first-order valence-electron chi connectivity index (χ1n) is 10.0. The molecule has 0 aliphatic heterocycles. The van der Waals surface area contributed by atoms with E-state index in [4.69, 9.17) is 0 Å². The van der Waals surface area contributed by atoms with E-state index in [0.717, 1.165) is 40.0 Å². The Morgan fingerprint density at radius 2 is 1.63 bits per heavy atom. The third kappa shape index (κ3) is 3.53. The van der Waals surface area contributed by atoms with Gasteiger partial charge in [0.25, 0.3) is 0 Å². The van der Waals surface area contributed by atoms with Gasteiger partial charge in [-0.05, 0) is 53.6 Å². The fourth-order valence-electron chi connectivity index (χ4n) is 4.14. The summed E-state index contributed by atoms with van der Waals surface area (Å²) < 4.78 is 0. The van der Waals surface area contributed by atoms with Crippen LogP contribution in [-0.4, -0.2) is 15.9 Å². The SMILES string of the molecule is Cc1cncc(-c2cnc(NC(=O)C3c4ccccc4CCc4ccccc43)s2)c1. The number of fused-ring (bicyclic) bond motifs is 2. The Labute approximate surface area is 179 Å². The van der Waals surface area contributed by atoms with E-state index in [1.54, 1.807) is 6.20 Å². The molecule has 2 heterocycles. The monoisotopic (exact) mass is 411 g/mol. The normalized spacial score (nSPS) is 13.2. The van der Waals surface area contributed by atoms with E-state index in [9.17, 15) is 4.79 Å². The number of nitrogens with zero attached hydrogens (tertiary/aromatic N) is 2. The van der Waals surface area contributed by atoms with Crippen molar-refractivity contribution in [2.24, 2.45) is 0 Å². The van der Waals surface area contributed by atoms with Crippen LogP contribution in [0.25, 0.3) is 10.4 Å². The number of nitrogens with one attached hydrogen (secondary N) is 1. The number of carbonyl (C=O) groups excluding carboxylic acids is 1. The van der Waals surface area contributed by atoms with Gasteiger partial charge < -0.3 is 5.32 Å². The van der Waals surface area contributed by atoms with Crippen molar-refractivity contribution in [2.75, 3.05) is 5.32 Å². The molecule has 148 valence electrons. The highest BCUT2D eigenvalue weighted by atomic mass is 32.1. The van der Waals surface area contributed by atoms with Crippen molar-refractivity contribution in [3.8, 4) is 10.4 Å². The molecule has 30 heavy (non-hydrogen) atoms. The number of carbonyl (C=O) groups is 1. The van der Waals surface area contributed by atoms with Crippen molar-refractivity contribution in [1.29, 1.82) is 0 Å². The van der Waals surface area contributed by atoms with Gasteiger partial charge >= 0.3 is 0 Å². The number of amides is 1. The van der Waals surface area contributed by atoms with E-state index in [-0.39, 0.29) is 11.8 Å². The van der Waals surface area contributed by atoms with Gasteiger partial charge in [0.2, 0.25) is 5.91 Å². The van der Waals surface area contributed by atoms with Crippen molar-refractivity contribution in [1.82, 2.24) is 9.97 Å². The number of hydrogen-bond acceptors (Lipinski definition) is 4. The van der Waals surface area contributed by atoms with Crippen LogP contribution >= 0.6 is 11.3 Å². The molecule has 0 bridgehead atoms. The second kappa shape index (κ2) is 7.84. The lowest BCUT2D eigenvalue weighted by Crippen LogP contribution is -2.23. The number of aromatic nitrogens is 2. The van der Waals surface area contributed by atoms with Crippen LogP contribution in [0, 0.1) is 6.92 Å². The summed E-state index contributed by atoms with van der Waals surface area (Å²) in [6.45, 7) is 2.02. The highest BCUT2D eigenvalue weighted by Gasteiger charge is 2.29. The predicted molar refractivity (Wildman–Crippen MR) is 121 cm³/mol. The molecule has 4 nitrogen and oxygen atoms in total. The van der Waals surface area contributed by atoms with Gasteiger partial charge in [-0.2, -0.15) is 0 Å². The minimum atomic E-state index is -0.340. The molecule has 0 fully saturated rings. The summed E-state index contributed by atoms with van der Waals surface area (Å²) in [5.41, 5.74) is 6.74. The molecule has 0 spiro atoms. The lowest BCUT2D eigenvalue weighted by atomic mass is 9.87. The highest BCUT2D eigenvalue weighted by molar-refractivity contribution is 7.19. The van der Waals surface area contributed by atoms with E-state index in [0.29, 0.717) is 5.13 Å².